The molecule has 0 aliphatic heterocycles. The van der Waals surface area contributed by atoms with E-state index in [-0.39, 0.29) is 23.8 Å². The van der Waals surface area contributed by atoms with E-state index in [0.717, 1.165) is 0 Å². The van der Waals surface area contributed by atoms with Crippen molar-refractivity contribution in [2.75, 3.05) is 14.2 Å². The molecule has 0 saturated heterocycles. The lowest BCUT2D eigenvalue weighted by molar-refractivity contribution is -0.149. The molecule has 0 heterocycles. The molecule has 6 saturated carbocycles. The molecule has 0 spiro atoms. The Morgan fingerprint density at radius 2 is 0.955 bits per heavy atom. The van der Waals surface area contributed by atoms with Crippen molar-refractivity contribution in [3.8, 4) is 0 Å². The molecule has 0 radical (unpaired) electrons. The van der Waals surface area contributed by atoms with Crippen molar-refractivity contribution < 1.29 is 19.1 Å². The molecule has 0 aromatic rings. The molecule has 0 aromatic carbocycles. The van der Waals surface area contributed by atoms with E-state index in [4.69, 9.17) is 9.47 Å². The molecular formula is C18H22O4. The number of carbonyl (C=O) groups excluding carboxylic acids is 2. The number of carbonyl (C=O) groups is 2. The van der Waals surface area contributed by atoms with Crippen LogP contribution in [0.2, 0.25) is 0 Å². The van der Waals surface area contributed by atoms with Gasteiger partial charge in [0.05, 0.1) is 26.1 Å². The number of rotatable bonds is 2. The van der Waals surface area contributed by atoms with Crippen molar-refractivity contribution in [3.63, 3.8) is 0 Å². The molecule has 4 nitrogen and oxygen atoms in total. The fraction of sp³-hybridized carbons (Fsp3) is 0.889. The average molecular weight is 302 g/mol. The zero-order chi connectivity index (χ0) is 14.9. The minimum atomic E-state index is 0.0385. The SMILES string of the molecule is COC(=O)C1[C@@H]2C3C4[C@H]1[C@H]1C[C@H]1[C@@H]4C(C(=O)OC)[C@H]3[C@@H]1C[C@H]21. The molecule has 22 heavy (non-hydrogen) atoms. The normalized spacial score (nSPS) is 63.9. The van der Waals surface area contributed by atoms with E-state index < -0.39 is 0 Å². The number of hydrogen-bond acceptors (Lipinski definition) is 4. The van der Waals surface area contributed by atoms with Gasteiger partial charge in [0, 0.05) is 0 Å². The molecule has 6 aliphatic rings. The van der Waals surface area contributed by atoms with Crippen LogP contribution in [0.4, 0.5) is 0 Å². The quantitative estimate of drug-likeness (QED) is 0.727. The molecule has 0 aromatic heterocycles. The summed E-state index contributed by atoms with van der Waals surface area (Å²) < 4.78 is 10.4. The van der Waals surface area contributed by atoms with Gasteiger partial charge in [-0.2, -0.15) is 0 Å². The Kier molecular flexibility index (Phi) is 1.99. The summed E-state index contributed by atoms with van der Waals surface area (Å²) in [6.07, 6.45) is 2.46. The summed E-state index contributed by atoms with van der Waals surface area (Å²) in [5.41, 5.74) is 0. The third-order valence-electron chi connectivity index (χ3n) is 8.59. The van der Waals surface area contributed by atoms with Crippen molar-refractivity contribution in [3.05, 3.63) is 0 Å². The van der Waals surface area contributed by atoms with Crippen molar-refractivity contribution in [1.82, 2.24) is 0 Å². The zero-order valence-corrected chi connectivity index (χ0v) is 13.0. The molecule has 4 unspecified atom stereocenters. The van der Waals surface area contributed by atoms with Gasteiger partial charge in [-0.15, -0.1) is 0 Å². The van der Waals surface area contributed by atoms with Crippen LogP contribution in [0, 0.1) is 71.0 Å². The molecule has 6 aliphatic carbocycles. The Labute approximate surface area is 129 Å². The van der Waals surface area contributed by atoms with Gasteiger partial charge in [0.1, 0.15) is 0 Å². The number of hydrogen-bond donors (Lipinski definition) is 0. The Bertz CT molecular complexity index is 516. The largest absolute Gasteiger partial charge is 0.469 e. The van der Waals surface area contributed by atoms with Crippen LogP contribution in [0.15, 0.2) is 0 Å². The fourth-order valence-electron chi connectivity index (χ4n) is 8.36. The number of methoxy groups -OCH3 is 2. The van der Waals surface area contributed by atoms with Crippen molar-refractivity contribution in [2.45, 2.75) is 12.8 Å². The maximum absolute atomic E-state index is 12.5. The van der Waals surface area contributed by atoms with Gasteiger partial charge < -0.3 is 9.47 Å². The topological polar surface area (TPSA) is 52.6 Å². The fourth-order valence-corrected chi connectivity index (χ4v) is 8.36. The summed E-state index contributed by atoms with van der Waals surface area (Å²) >= 11 is 0. The van der Waals surface area contributed by atoms with Gasteiger partial charge >= 0.3 is 11.9 Å². The lowest BCUT2D eigenvalue weighted by atomic mass is 9.79. The zero-order valence-electron chi connectivity index (χ0n) is 13.0. The first-order chi connectivity index (χ1) is 10.7. The highest BCUT2D eigenvalue weighted by Crippen LogP contribution is 2.84. The Morgan fingerprint density at radius 1 is 0.636 bits per heavy atom. The first kappa shape index (κ1) is 12.4. The maximum atomic E-state index is 12.5. The summed E-state index contributed by atoms with van der Waals surface area (Å²) in [5, 5.41) is 0. The first-order valence-electron chi connectivity index (χ1n) is 8.84. The van der Waals surface area contributed by atoms with E-state index in [1.54, 1.807) is 14.2 Å². The van der Waals surface area contributed by atoms with Gasteiger partial charge in [-0.05, 0) is 72.0 Å². The predicted molar refractivity (Wildman–Crippen MR) is 75.1 cm³/mol. The molecular weight excluding hydrogens is 280 g/mol. The average Bonchev–Trinajstić information content (AvgIpc) is 3.35. The summed E-state index contributed by atoms with van der Waals surface area (Å²) in [4.78, 5) is 25.0. The van der Waals surface area contributed by atoms with Gasteiger partial charge in [0.25, 0.3) is 0 Å². The molecule has 0 N–H and O–H groups in total. The lowest BCUT2D eigenvalue weighted by Crippen LogP contribution is -2.32. The molecule has 0 amide bonds. The van der Waals surface area contributed by atoms with E-state index in [1.165, 1.54) is 12.8 Å². The van der Waals surface area contributed by atoms with Crippen LogP contribution in [0.25, 0.3) is 0 Å². The summed E-state index contributed by atoms with van der Waals surface area (Å²) in [6, 6.07) is 0. The Morgan fingerprint density at radius 3 is 1.23 bits per heavy atom. The number of ether oxygens (including phenoxy) is 2. The van der Waals surface area contributed by atoms with E-state index in [9.17, 15) is 9.59 Å². The van der Waals surface area contributed by atoms with Gasteiger partial charge in [-0.25, -0.2) is 0 Å². The molecule has 118 valence electrons. The molecule has 6 rings (SSSR count). The minimum absolute atomic E-state index is 0.0385. The standard InChI is InChI=1S/C18H22O4/c1-21-17(19)15-9-5-3-7(5)11-13(9)14-10(15)6-4-8(6)12(14)16(11)18(20)22-2/h5-16H,3-4H2,1-2H3/t5-,6-,7+,8+,9-,10+,11-,12-,13?,14?,15?,16?/m0/s1. The summed E-state index contributed by atoms with van der Waals surface area (Å²) in [7, 11) is 3.09. The van der Waals surface area contributed by atoms with Crippen molar-refractivity contribution in [2.24, 2.45) is 71.0 Å². The molecule has 6 fully saturated rings. The van der Waals surface area contributed by atoms with Crippen LogP contribution < -0.4 is 0 Å². The highest BCUT2D eigenvalue weighted by molar-refractivity contribution is 5.77. The molecule has 12 atom stereocenters. The predicted octanol–water partition coefficient (Wildman–Crippen LogP) is 1.59. The van der Waals surface area contributed by atoms with Gasteiger partial charge in [-0.3, -0.25) is 9.59 Å². The highest BCUT2D eigenvalue weighted by atomic mass is 16.5. The van der Waals surface area contributed by atoms with Gasteiger partial charge in [0.15, 0.2) is 0 Å². The van der Waals surface area contributed by atoms with Gasteiger partial charge in [0.2, 0.25) is 0 Å². The number of esters is 2. The van der Waals surface area contributed by atoms with Crippen molar-refractivity contribution >= 4 is 11.9 Å². The van der Waals surface area contributed by atoms with Crippen LogP contribution in [0.1, 0.15) is 12.8 Å². The second-order valence-corrected chi connectivity index (χ2v) is 8.69. The Hall–Kier alpha value is -1.06. The lowest BCUT2D eigenvalue weighted by Gasteiger charge is -2.26. The smallest absolute Gasteiger partial charge is 0.309 e. The molecule has 0 bridgehead atoms. The van der Waals surface area contributed by atoms with Gasteiger partial charge in [-0.1, -0.05) is 0 Å². The monoisotopic (exact) mass is 302 g/mol. The third kappa shape index (κ3) is 1.09. The van der Waals surface area contributed by atoms with Crippen LogP contribution in [-0.4, -0.2) is 26.2 Å². The second kappa shape index (κ2) is 3.54. The van der Waals surface area contributed by atoms with Crippen LogP contribution >= 0.6 is 0 Å². The highest BCUT2D eigenvalue weighted by Gasteiger charge is 2.83. The Balaban J connectivity index is 1.49. The third-order valence-corrected chi connectivity index (χ3v) is 8.59. The number of fused-ring (bicyclic) bond motifs is 6. The van der Waals surface area contributed by atoms with E-state index in [0.29, 0.717) is 59.2 Å². The maximum Gasteiger partial charge on any atom is 0.309 e. The summed E-state index contributed by atoms with van der Waals surface area (Å²) in [6.45, 7) is 0. The molecule has 4 heteroatoms. The van der Waals surface area contributed by atoms with E-state index in [1.807, 2.05) is 0 Å². The van der Waals surface area contributed by atoms with E-state index >= 15 is 0 Å². The minimum Gasteiger partial charge on any atom is -0.469 e. The first-order valence-corrected chi connectivity index (χ1v) is 8.84. The summed E-state index contributed by atoms with van der Waals surface area (Å²) in [5.74, 6) is 6.37. The van der Waals surface area contributed by atoms with Crippen LogP contribution in [0.3, 0.4) is 0 Å². The van der Waals surface area contributed by atoms with Crippen molar-refractivity contribution in [1.29, 1.82) is 0 Å². The van der Waals surface area contributed by atoms with E-state index in [2.05, 4.69) is 0 Å². The van der Waals surface area contributed by atoms with Crippen LogP contribution in [-0.2, 0) is 19.1 Å². The second-order valence-electron chi connectivity index (χ2n) is 8.69. The van der Waals surface area contributed by atoms with Crippen LogP contribution in [0.5, 0.6) is 0 Å².